The molecule has 1 aromatic rings. The second kappa shape index (κ2) is 5.40. The maximum absolute atomic E-state index is 9.85. The van der Waals surface area contributed by atoms with Crippen LogP contribution in [0.5, 0.6) is 0 Å². The van der Waals surface area contributed by atoms with E-state index in [0.717, 1.165) is 49.3 Å². The number of nitrogen functional groups attached to an aromatic ring is 1. The van der Waals surface area contributed by atoms with Gasteiger partial charge in [-0.3, -0.25) is 5.41 Å². The molecule has 3 rings (SSSR count). The van der Waals surface area contributed by atoms with Gasteiger partial charge in [0.2, 0.25) is 0 Å². The molecule has 4 N–H and O–H groups in total. The quantitative estimate of drug-likeness (QED) is 0.559. The van der Waals surface area contributed by atoms with Crippen molar-refractivity contribution in [2.45, 2.75) is 44.6 Å². The number of amidine groups is 1. The number of aliphatic hydroxyl groups is 1. The number of β-amino-alcohol motifs (C(OH)–C–C–N with tert-alkyl or cyclic N) is 1. The zero-order chi connectivity index (χ0) is 14.1. The van der Waals surface area contributed by atoms with E-state index < -0.39 is 0 Å². The number of hydrogen-bond donors (Lipinski definition) is 3. The Labute approximate surface area is 119 Å². The van der Waals surface area contributed by atoms with Crippen LogP contribution in [0.3, 0.4) is 0 Å². The minimum Gasteiger partial charge on any atom is -0.391 e. The predicted molar refractivity (Wildman–Crippen MR) is 79.3 cm³/mol. The maximum atomic E-state index is 9.85. The van der Waals surface area contributed by atoms with Gasteiger partial charge in [-0.05, 0) is 50.2 Å². The first kappa shape index (κ1) is 13.4. The second-order valence-corrected chi connectivity index (χ2v) is 5.83. The molecule has 2 aliphatic rings. The normalized spacial score (nSPS) is 22.4. The first-order valence-corrected chi connectivity index (χ1v) is 7.45. The molecule has 1 aliphatic carbocycles. The van der Waals surface area contributed by atoms with Gasteiger partial charge >= 0.3 is 0 Å². The summed E-state index contributed by atoms with van der Waals surface area (Å²) in [5.41, 5.74) is 8.85. The first-order chi connectivity index (χ1) is 9.65. The zero-order valence-corrected chi connectivity index (χ0v) is 11.7. The first-order valence-electron chi connectivity index (χ1n) is 7.45. The Morgan fingerprint density at radius 2 is 2.15 bits per heavy atom. The highest BCUT2D eigenvalue weighted by atomic mass is 16.3. The fraction of sp³-hybridized carbons (Fsp3) is 0.600. The zero-order valence-electron chi connectivity index (χ0n) is 11.7. The monoisotopic (exact) mass is 274 g/mol. The van der Waals surface area contributed by atoms with E-state index in [2.05, 4.69) is 4.90 Å². The molecule has 1 atom stereocenters. The molecule has 0 bridgehead atoms. The fourth-order valence-electron chi connectivity index (χ4n) is 3.21. The number of piperidine rings is 1. The van der Waals surface area contributed by atoms with Crippen LogP contribution in [-0.4, -0.2) is 35.1 Å². The summed E-state index contributed by atoms with van der Waals surface area (Å²) in [7, 11) is 0. The molecule has 0 radical (unpaired) electrons. The van der Waals surface area contributed by atoms with Gasteiger partial charge in [0.1, 0.15) is 11.7 Å². The smallest absolute Gasteiger partial charge is 0.139 e. The highest BCUT2D eigenvalue weighted by Gasteiger charge is 2.24. The fourth-order valence-corrected chi connectivity index (χ4v) is 3.21. The Hall–Kier alpha value is -1.62. The molecule has 1 unspecified atom stereocenters. The maximum Gasteiger partial charge on any atom is 0.139 e. The highest BCUT2D eigenvalue weighted by molar-refractivity contribution is 6.00. The van der Waals surface area contributed by atoms with E-state index in [-0.39, 0.29) is 11.9 Å². The molecule has 1 saturated heterocycles. The largest absolute Gasteiger partial charge is 0.391 e. The number of nitrogens with two attached hydrogens (primary N) is 1. The van der Waals surface area contributed by atoms with Crippen molar-refractivity contribution in [2.75, 3.05) is 18.0 Å². The lowest BCUT2D eigenvalue weighted by Gasteiger charge is -2.33. The van der Waals surface area contributed by atoms with Crippen LogP contribution in [0.25, 0.3) is 0 Å². The summed E-state index contributed by atoms with van der Waals surface area (Å²) in [5.74, 6) is 0.859. The molecule has 0 spiro atoms. The number of nitrogens with one attached hydrogen (secondary N) is 1. The van der Waals surface area contributed by atoms with E-state index in [4.69, 9.17) is 16.1 Å². The van der Waals surface area contributed by atoms with E-state index in [9.17, 15) is 5.11 Å². The van der Waals surface area contributed by atoms with Crippen molar-refractivity contribution in [3.05, 3.63) is 22.9 Å². The minimum atomic E-state index is -0.304. The molecule has 1 fully saturated rings. The van der Waals surface area contributed by atoms with Gasteiger partial charge in [-0.2, -0.15) is 0 Å². The minimum absolute atomic E-state index is 0.0703. The van der Waals surface area contributed by atoms with E-state index >= 15 is 0 Å². The number of aryl methyl sites for hydroxylation is 2. The number of pyridine rings is 1. The van der Waals surface area contributed by atoms with Crippen molar-refractivity contribution in [1.82, 2.24) is 4.98 Å². The molecule has 108 valence electrons. The third-order valence-corrected chi connectivity index (χ3v) is 4.27. The summed E-state index contributed by atoms with van der Waals surface area (Å²) in [6.07, 6.45) is 5.91. The van der Waals surface area contributed by atoms with Crippen LogP contribution < -0.4 is 10.6 Å². The van der Waals surface area contributed by atoms with Crippen molar-refractivity contribution in [1.29, 1.82) is 5.41 Å². The van der Waals surface area contributed by atoms with Crippen LogP contribution in [0.2, 0.25) is 0 Å². The van der Waals surface area contributed by atoms with Gasteiger partial charge in [0.15, 0.2) is 0 Å². The van der Waals surface area contributed by atoms with E-state index in [1.807, 2.05) is 6.07 Å². The summed E-state index contributed by atoms with van der Waals surface area (Å²) < 4.78 is 0. The van der Waals surface area contributed by atoms with Crippen LogP contribution in [0.15, 0.2) is 6.07 Å². The summed E-state index contributed by atoms with van der Waals surface area (Å²) in [6.45, 7) is 1.47. The molecule has 2 heterocycles. The molecular formula is C15H22N4O. The van der Waals surface area contributed by atoms with Crippen molar-refractivity contribution in [3.63, 3.8) is 0 Å². The Kier molecular flexibility index (Phi) is 3.61. The third kappa shape index (κ3) is 2.50. The second-order valence-electron chi connectivity index (χ2n) is 5.83. The van der Waals surface area contributed by atoms with E-state index in [0.29, 0.717) is 6.54 Å². The van der Waals surface area contributed by atoms with Gasteiger partial charge in [-0.15, -0.1) is 0 Å². The number of anilines is 1. The highest BCUT2D eigenvalue weighted by Crippen LogP contribution is 2.28. The topological polar surface area (TPSA) is 86.2 Å². The van der Waals surface area contributed by atoms with Gasteiger partial charge in [-0.1, -0.05) is 0 Å². The van der Waals surface area contributed by atoms with Gasteiger partial charge in [0.25, 0.3) is 0 Å². The van der Waals surface area contributed by atoms with E-state index in [1.54, 1.807) is 0 Å². The molecule has 1 aromatic heterocycles. The summed E-state index contributed by atoms with van der Waals surface area (Å²) in [5, 5.41) is 17.7. The standard InChI is InChI=1S/C15H22N4O/c16-14(17)12-8-10-4-1-2-6-13(10)18-15(12)19-7-3-5-11(20)9-19/h8,11,20H,1-7,9H2,(H3,16,17). The number of aliphatic hydroxyl groups excluding tert-OH is 1. The lowest BCUT2D eigenvalue weighted by atomic mass is 9.94. The summed E-state index contributed by atoms with van der Waals surface area (Å²) in [6, 6.07) is 2.04. The van der Waals surface area contributed by atoms with Crippen LogP contribution in [-0.2, 0) is 12.8 Å². The molecule has 0 amide bonds. The lowest BCUT2D eigenvalue weighted by molar-refractivity contribution is 0.154. The Balaban J connectivity index is 2.01. The Morgan fingerprint density at radius 3 is 2.90 bits per heavy atom. The van der Waals surface area contributed by atoms with Gasteiger partial charge in [0.05, 0.1) is 11.7 Å². The summed E-state index contributed by atoms with van der Waals surface area (Å²) >= 11 is 0. The Morgan fingerprint density at radius 1 is 1.35 bits per heavy atom. The van der Waals surface area contributed by atoms with Crippen molar-refractivity contribution >= 4 is 11.7 Å². The molecule has 5 heteroatoms. The summed E-state index contributed by atoms with van der Waals surface area (Å²) in [4.78, 5) is 6.87. The van der Waals surface area contributed by atoms with Gasteiger partial charge in [-0.25, -0.2) is 4.98 Å². The molecule has 1 aliphatic heterocycles. The number of hydrogen-bond acceptors (Lipinski definition) is 4. The van der Waals surface area contributed by atoms with Gasteiger partial charge < -0.3 is 15.7 Å². The molecule has 5 nitrogen and oxygen atoms in total. The van der Waals surface area contributed by atoms with Crippen molar-refractivity contribution in [2.24, 2.45) is 5.73 Å². The van der Waals surface area contributed by atoms with Crippen molar-refractivity contribution in [3.8, 4) is 0 Å². The van der Waals surface area contributed by atoms with Gasteiger partial charge in [0, 0.05) is 18.8 Å². The average molecular weight is 274 g/mol. The average Bonchev–Trinajstić information content (AvgIpc) is 2.46. The van der Waals surface area contributed by atoms with Crippen LogP contribution in [0.1, 0.15) is 42.5 Å². The molecule has 0 aromatic carbocycles. The van der Waals surface area contributed by atoms with Crippen LogP contribution >= 0.6 is 0 Å². The number of rotatable bonds is 2. The predicted octanol–water partition coefficient (Wildman–Crippen LogP) is 1.21. The number of aromatic nitrogens is 1. The number of fused-ring (bicyclic) bond motifs is 1. The van der Waals surface area contributed by atoms with E-state index in [1.165, 1.54) is 18.4 Å². The lowest BCUT2D eigenvalue weighted by Crippen LogP contribution is -2.40. The molecule has 20 heavy (non-hydrogen) atoms. The SMILES string of the molecule is N=C(N)c1cc2c(nc1N1CCCC(O)C1)CCCC2. The third-order valence-electron chi connectivity index (χ3n) is 4.27. The Bertz CT molecular complexity index is 529. The number of nitrogens with zero attached hydrogens (tertiary/aromatic N) is 2. The van der Waals surface area contributed by atoms with Crippen molar-refractivity contribution < 1.29 is 5.11 Å². The van der Waals surface area contributed by atoms with Crippen LogP contribution in [0, 0.1) is 5.41 Å². The molecular weight excluding hydrogens is 252 g/mol. The molecule has 0 saturated carbocycles. The van der Waals surface area contributed by atoms with Crippen LogP contribution in [0.4, 0.5) is 5.82 Å².